The van der Waals surface area contributed by atoms with Crippen LogP contribution in [0.5, 0.6) is 0 Å². The molecule has 1 atom stereocenters. The van der Waals surface area contributed by atoms with Crippen LogP contribution in [0.25, 0.3) is 0 Å². The quantitative estimate of drug-likeness (QED) is 0.664. The van der Waals surface area contributed by atoms with Crippen LogP contribution in [-0.4, -0.2) is 40.9 Å². The molecule has 2 fully saturated rings. The zero-order valence-corrected chi connectivity index (χ0v) is 9.24. The molecular formula is C11H18N2O2. The maximum absolute atomic E-state index is 11.9. The summed E-state index contributed by atoms with van der Waals surface area (Å²) in [6, 6.07) is -0.193. The molecule has 2 heterocycles. The van der Waals surface area contributed by atoms with E-state index in [-0.39, 0.29) is 18.0 Å². The van der Waals surface area contributed by atoms with E-state index in [1.54, 1.807) is 4.90 Å². The second kappa shape index (κ2) is 4.21. The average molecular weight is 210 g/mol. The van der Waals surface area contributed by atoms with E-state index in [2.05, 4.69) is 6.92 Å². The van der Waals surface area contributed by atoms with Crippen LogP contribution in [0.2, 0.25) is 0 Å². The maximum Gasteiger partial charge on any atom is 0.327 e. The first-order chi connectivity index (χ1) is 7.25. The van der Waals surface area contributed by atoms with Crippen LogP contribution in [0.4, 0.5) is 4.79 Å². The van der Waals surface area contributed by atoms with Gasteiger partial charge in [0.05, 0.1) is 0 Å². The van der Waals surface area contributed by atoms with Gasteiger partial charge in [0.15, 0.2) is 0 Å². The molecule has 4 heteroatoms. The highest BCUT2D eigenvalue weighted by molar-refractivity contribution is 6.04. The Bertz CT molecular complexity index is 254. The fourth-order valence-corrected chi connectivity index (χ4v) is 2.37. The van der Waals surface area contributed by atoms with E-state index in [0.29, 0.717) is 6.54 Å². The van der Waals surface area contributed by atoms with E-state index in [4.69, 9.17) is 0 Å². The summed E-state index contributed by atoms with van der Waals surface area (Å²) in [6.07, 6.45) is 4.89. The van der Waals surface area contributed by atoms with Crippen molar-refractivity contribution >= 4 is 11.9 Å². The average Bonchev–Trinajstić information content (AvgIpc) is 2.51. The van der Waals surface area contributed by atoms with Crippen molar-refractivity contribution in [2.45, 2.75) is 45.1 Å². The van der Waals surface area contributed by atoms with Crippen molar-refractivity contribution in [2.24, 2.45) is 0 Å². The lowest BCUT2D eigenvalue weighted by molar-refractivity contribution is -0.128. The zero-order chi connectivity index (χ0) is 10.8. The number of amides is 3. The van der Waals surface area contributed by atoms with Gasteiger partial charge in [-0.1, -0.05) is 13.3 Å². The standard InChI is InChI=1S/C11H18N2O2/c1-2-3-7-13-10(14)9-6-4-5-8-12(9)11(13)15/h9H,2-8H2,1H3. The number of unbranched alkanes of at least 4 members (excludes halogenated alkanes) is 1. The highest BCUT2D eigenvalue weighted by Gasteiger charge is 2.45. The van der Waals surface area contributed by atoms with E-state index in [0.717, 1.165) is 38.6 Å². The molecule has 2 aliphatic rings. The Hall–Kier alpha value is -1.06. The third-order valence-corrected chi connectivity index (χ3v) is 3.27. The molecule has 3 amide bonds. The van der Waals surface area contributed by atoms with Gasteiger partial charge in [0, 0.05) is 13.1 Å². The minimum absolute atomic E-state index is 0.0353. The lowest BCUT2D eigenvalue weighted by Crippen LogP contribution is -2.39. The number of rotatable bonds is 3. The summed E-state index contributed by atoms with van der Waals surface area (Å²) in [6.45, 7) is 3.43. The zero-order valence-electron chi connectivity index (χ0n) is 9.24. The van der Waals surface area contributed by atoms with Gasteiger partial charge in [0.2, 0.25) is 0 Å². The number of imide groups is 1. The monoisotopic (exact) mass is 210 g/mol. The number of hydrogen-bond donors (Lipinski definition) is 0. The Morgan fingerprint density at radius 2 is 2.13 bits per heavy atom. The fourth-order valence-electron chi connectivity index (χ4n) is 2.37. The molecule has 0 aromatic heterocycles. The SMILES string of the molecule is CCCCN1C(=O)C2CCCCN2C1=O. The summed E-state index contributed by atoms with van der Waals surface area (Å²) in [5, 5.41) is 0. The first-order valence-electron chi connectivity index (χ1n) is 5.87. The van der Waals surface area contributed by atoms with Gasteiger partial charge in [0.1, 0.15) is 6.04 Å². The van der Waals surface area contributed by atoms with Crippen molar-refractivity contribution in [3.8, 4) is 0 Å². The number of nitrogens with zero attached hydrogens (tertiary/aromatic N) is 2. The molecule has 4 nitrogen and oxygen atoms in total. The van der Waals surface area contributed by atoms with Gasteiger partial charge >= 0.3 is 6.03 Å². The second-order valence-electron chi connectivity index (χ2n) is 4.33. The summed E-state index contributed by atoms with van der Waals surface area (Å²) < 4.78 is 0. The second-order valence-corrected chi connectivity index (χ2v) is 4.33. The largest absolute Gasteiger partial charge is 0.327 e. The fraction of sp³-hybridized carbons (Fsp3) is 0.818. The molecular weight excluding hydrogens is 192 g/mol. The van der Waals surface area contributed by atoms with Crippen LogP contribution in [-0.2, 0) is 4.79 Å². The molecule has 2 saturated heterocycles. The van der Waals surface area contributed by atoms with E-state index in [9.17, 15) is 9.59 Å². The van der Waals surface area contributed by atoms with Crippen LogP contribution in [0.3, 0.4) is 0 Å². The lowest BCUT2D eigenvalue weighted by atomic mass is 10.0. The smallest absolute Gasteiger partial charge is 0.312 e. The van der Waals surface area contributed by atoms with Crippen molar-refractivity contribution in [1.29, 1.82) is 0 Å². The molecule has 0 bridgehead atoms. The molecule has 0 aliphatic carbocycles. The van der Waals surface area contributed by atoms with Crippen LogP contribution in [0.15, 0.2) is 0 Å². The van der Waals surface area contributed by atoms with Crippen LogP contribution in [0, 0.1) is 0 Å². The summed E-state index contributed by atoms with van der Waals surface area (Å²) in [5.41, 5.74) is 0. The van der Waals surface area contributed by atoms with Crippen molar-refractivity contribution in [3.63, 3.8) is 0 Å². The number of hydrogen-bond acceptors (Lipinski definition) is 2. The van der Waals surface area contributed by atoms with E-state index in [1.165, 1.54) is 4.90 Å². The predicted octanol–water partition coefficient (Wildman–Crippen LogP) is 1.60. The minimum Gasteiger partial charge on any atom is -0.312 e. The van der Waals surface area contributed by atoms with Gasteiger partial charge in [-0.05, 0) is 25.7 Å². The third-order valence-electron chi connectivity index (χ3n) is 3.27. The first-order valence-corrected chi connectivity index (χ1v) is 5.87. The number of fused-ring (bicyclic) bond motifs is 1. The van der Waals surface area contributed by atoms with Crippen molar-refractivity contribution in [2.75, 3.05) is 13.1 Å². The number of urea groups is 1. The number of carbonyl (C=O) groups is 2. The summed E-state index contributed by atoms with van der Waals surface area (Å²) in [5.74, 6) is 0.0353. The van der Waals surface area contributed by atoms with Gasteiger partial charge in [-0.3, -0.25) is 9.69 Å². The van der Waals surface area contributed by atoms with Gasteiger partial charge in [0.25, 0.3) is 5.91 Å². The third kappa shape index (κ3) is 1.73. The predicted molar refractivity (Wildman–Crippen MR) is 56.4 cm³/mol. The van der Waals surface area contributed by atoms with Crippen LogP contribution >= 0.6 is 0 Å². The lowest BCUT2D eigenvalue weighted by Gasteiger charge is -2.26. The van der Waals surface area contributed by atoms with Crippen molar-refractivity contribution < 1.29 is 9.59 Å². The Morgan fingerprint density at radius 1 is 1.33 bits per heavy atom. The molecule has 0 N–H and O–H groups in total. The van der Waals surface area contributed by atoms with Gasteiger partial charge in [-0.15, -0.1) is 0 Å². The van der Waals surface area contributed by atoms with Gasteiger partial charge in [-0.25, -0.2) is 4.79 Å². The molecule has 15 heavy (non-hydrogen) atoms. The molecule has 0 saturated carbocycles. The van der Waals surface area contributed by atoms with E-state index < -0.39 is 0 Å². The molecule has 0 aromatic rings. The molecule has 2 aliphatic heterocycles. The van der Waals surface area contributed by atoms with Gasteiger partial charge < -0.3 is 4.90 Å². The summed E-state index contributed by atoms with van der Waals surface area (Å²) in [7, 11) is 0. The van der Waals surface area contributed by atoms with Crippen LogP contribution in [0.1, 0.15) is 39.0 Å². The van der Waals surface area contributed by atoms with Crippen LogP contribution < -0.4 is 0 Å². The Morgan fingerprint density at radius 3 is 2.80 bits per heavy atom. The van der Waals surface area contributed by atoms with Crippen molar-refractivity contribution in [1.82, 2.24) is 9.80 Å². The Kier molecular flexibility index (Phi) is 2.93. The molecule has 0 spiro atoms. The Labute approximate surface area is 90.2 Å². The molecule has 1 unspecified atom stereocenters. The molecule has 84 valence electrons. The maximum atomic E-state index is 11.9. The van der Waals surface area contributed by atoms with Crippen molar-refractivity contribution in [3.05, 3.63) is 0 Å². The van der Waals surface area contributed by atoms with E-state index >= 15 is 0 Å². The normalized spacial score (nSPS) is 26.1. The highest BCUT2D eigenvalue weighted by atomic mass is 16.2. The number of piperidine rings is 1. The Balaban J connectivity index is 2.07. The molecule has 0 aromatic carbocycles. The summed E-state index contributed by atoms with van der Waals surface area (Å²) >= 11 is 0. The minimum atomic E-state index is -0.136. The highest BCUT2D eigenvalue weighted by Crippen LogP contribution is 2.26. The first kappa shape index (κ1) is 10.5. The molecule has 2 rings (SSSR count). The number of carbonyl (C=O) groups excluding carboxylic acids is 2. The summed E-state index contributed by atoms with van der Waals surface area (Å²) in [4.78, 5) is 27.0. The van der Waals surface area contributed by atoms with Gasteiger partial charge in [-0.2, -0.15) is 0 Å². The topological polar surface area (TPSA) is 40.6 Å². The van der Waals surface area contributed by atoms with E-state index in [1.807, 2.05) is 0 Å². The molecule has 0 radical (unpaired) electrons.